The molecule has 6 nitrogen and oxygen atoms in total. The van der Waals surface area contributed by atoms with Gasteiger partial charge < -0.3 is 20.2 Å². The Balaban J connectivity index is 1.58. The van der Waals surface area contributed by atoms with Gasteiger partial charge in [0.2, 0.25) is 5.91 Å². The molecule has 0 aliphatic carbocycles. The average molecular weight is 333 g/mol. The third kappa shape index (κ3) is 3.74. The fourth-order valence-electron chi connectivity index (χ4n) is 2.58. The number of amides is 1. The van der Waals surface area contributed by atoms with Gasteiger partial charge in [-0.1, -0.05) is 24.3 Å². The number of β-amino-alcohol motifs (C(OH)–C–C–N with tert-alkyl or cyclic N) is 1. The van der Waals surface area contributed by atoms with Crippen molar-refractivity contribution in [2.24, 2.45) is 0 Å². The maximum absolute atomic E-state index is 12.0. The van der Waals surface area contributed by atoms with E-state index in [1.165, 1.54) is 6.39 Å². The topological polar surface area (TPSA) is 87.4 Å². The standard InChI is InChI=1S/C16H19N3O3S/c1-23-16-14(22-9-19-16)11-4-2-10(3-5-11)7-18-15(21)13-6-12(20)8-17-13/h2-5,9,12-13,17,20H,6-8H2,1H3,(H,18,21). The molecule has 0 radical (unpaired) electrons. The van der Waals surface area contributed by atoms with E-state index in [-0.39, 0.29) is 11.9 Å². The normalized spacial score (nSPS) is 20.6. The smallest absolute Gasteiger partial charge is 0.237 e. The van der Waals surface area contributed by atoms with E-state index in [2.05, 4.69) is 15.6 Å². The van der Waals surface area contributed by atoms with Gasteiger partial charge in [-0.25, -0.2) is 4.98 Å². The molecule has 0 bridgehead atoms. The van der Waals surface area contributed by atoms with Crippen LogP contribution in [-0.4, -0.2) is 40.9 Å². The molecule has 1 aliphatic heterocycles. The molecule has 23 heavy (non-hydrogen) atoms. The molecule has 2 heterocycles. The summed E-state index contributed by atoms with van der Waals surface area (Å²) < 4.78 is 5.42. The number of hydrogen-bond donors (Lipinski definition) is 3. The Morgan fingerprint density at radius 1 is 1.48 bits per heavy atom. The van der Waals surface area contributed by atoms with E-state index in [0.717, 1.165) is 21.9 Å². The van der Waals surface area contributed by atoms with Crippen LogP contribution in [0.4, 0.5) is 0 Å². The summed E-state index contributed by atoms with van der Waals surface area (Å²) >= 11 is 1.54. The lowest BCUT2D eigenvalue weighted by molar-refractivity contribution is -0.123. The number of nitrogens with one attached hydrogen (secondary N) is 2. The lowest BCUT2D eigenvalue weighted by Gasteiger charge is -2.11. The van der Waals surface area contributed by atoms with E-state index in [1.54, 1.807) is 11.8 Å². The number of benzene rings is 1. The Kier molecular flexibility index (Phi) is 5.00. The van der Waals surface area contributed by atoms with Crippen LogP contribution in [0.1, 0.15) is 12.0 Å². The lowest BCUT2D eigenvalue weighted by Crippen LogP contribution is -2.39. The van der Waals surface area contributed by atoms with E-state index in [4.69, 9.17) is 4.42 Å². The minimum Gasteiger partial charge on any atom is -0.442 e. The molecule has 0 spiro atoms. The second-order valence-corrected chi connectivity index (χ2v) is 6.25. The van der Waals surface area contributed by atoms with Gasteiger partial charge in [-0.05, 0) is 18.2 Å². The van der Waals surface area contributed by atoms with Crippen molar-refractivity contribution in [2.45, 2.75) is 30.1 Å². The van der Waals surface area contributed by atoms with Crippen molar-refractivity contribution in [3.05, 3.63) is 36.2 Å². The number of aromatic nitrogens is 1. The summed E-state index contributed by atoms with van der Waals surface area (Å²) in [5.41, 5.74) is 1.97. The van der Waals surface area contributed by atoms with Gasteiger partial charge >= 0.3 is 0 Å². The first-order valence-electron chi connectivity index (χ1n) is 7.43. The largest absolute Gasteiger partial charge is 0.442 e. The number of hydrogen-bond acceptors (Lipinski definition) is 6. The Morgan fingerprint density at radius 3 is 2.91 bits per heavy atom. The summed E-state index contributed by atoms with van der Waals surface area (Å²) in [5.74, 6) is 0.683. The highest BCUT2D eigenvalue weighted by atomic mass is 32.2. The number of aliphatic hydroxyl groups excluding tert-OH is 1. The number of aliphatic hydroxyl groups is 1. The van der Waals surface area contributed by atoms with E-state index in [9.17, 15) is 9.90 Å². The summed E-state index contributed by atoms with van der Waals surface area (Å²) in [6, 6.07) is 7.53. The third-order valence-corrected chi connectivity index (χ3v) is 4.51. The highest BCUT2D eigenvalue weighted by Gasteiger charge is 2.27. The maximum atomic E-state index is 12.0. The second-order valence-electron chi connectivity index (χ2n) is 5.46. The molecule has 1 amide bonds. The predicted octanol–water partition coefficient (Wildman–Crippen LogP) is 1.40. The Morgan fingerprint density at radius 2 is 2.26 bits per heavy atom. The highest BCUT2D eigenvalue weighted by molar-refractivity contribution is 7.98. The number of thioether (sulfide) groups is 1. The third-order valence-electron chi connectivity index (χ3n) is 3.84. The molecule has 2 aromatic rings. The Hall–Kier alpha value is -1.83. The molecule has 1 aromatic heterocycles. The second kappa shape index (κ2) is 7.16. The molecule has 3 N–H and O–H groups in total. The van der Waals surface area contributed by atoms with Crippen molar-refractivity contribution in [1.82, 2.24) is 15.6 Å². The van der Waals surface area contributed by atoms with Crippen molar-refractivity contribution in [3.8, 4) is 11.3 Å². The fourth-order valence-corrected chi connectivity index (χ4v) is 3.08. The van der Waals surface area contributed by atoms with Crippen LogP contribution in [-0.2, 0) is 11.3 Å². The van der Waals surface area contributed by atoms with Crippen LogP contribution in [0, 0.1) is 0 Å². The van der Waals surface area contributed by atoms with Gasteiger partial charge in [0, 0.05) is 18.7 Å². The number of carbonyl (C=O) groups excluding carboxylic acids is 1. The summed E-state index contributed by atoms with van der Waals surface area (Å²) in [7, 11) is 0. The molecule has 2 unspecified atom stereocenters. The van der Waals surface area contributed by atoms with Crippen LogP contribution in [0.3, 0.4) is 0 Å². The molecular formula is C16H19N3O3S. The fraction of sp³-hybridized carbons (Fsp3) is 0.375. The molecule has 3 rings (SSSR count). The molecule has 1 saturated heterocycles. The quantitative estimate of drug-likeness (QED) is 0.717. The molecule has 1 aromatic carbocycles. The average Bonchev–Trinajstić information content (AvgIpc) is 3.21. The van der Waals surface area contributed by atoms with E-state index in [0.29, 0.717) is 19.5 Å². The minimum atomic E-state index is -0.433. The van der Waals surface area contributed by atoms with Gasteiger partial charge in [-0.15, -0.1) is 11.8 Å². The highest BCUT2D eigenvalue weighted by Crippen LogP contribution is 2.29. The van der Waals surface area contributed by atoms with Gasteiger partial charge in [-0.2, -0.15) is 0 Å². The van der Waals surface area contributed by atoms with Crippen molar-refractivity contribution in [3.63, 3.8) is 0 Å². The summed E-state index contributed by atoms with van der Waals surface area (Å²) in [5, 5.41) is 16.2. The number of rotatable bonds is 5. The van der Waals surface area contributed by atoms with Gasteiger partial charge in [0.15, 0.2) is 12.2 Å². The molecule has 1 aliphatic rings. The van der Waals surface area contributed by atoms with Gasteiger partial charge in [0.1, 0.15) is 5.03 Å². The molecule has 7 heteroatoms. The Labute approximate surface area is 138 Å². The number of nitrogens with zero attached hydrogens (tertiary/aromatic N) is 1. The van der Waals surface area contributed by atoms with Crippen LogP contribution in [0.25, 0.3) is 11.3 Å². The summed E-state index contributed by atoms with van der Waals surface area (Å²) in [6.45, 7) is 0.931. The number of oxazole rings is 1. The first-order valence-corrected chi connectivity index (χ1v) is 8.66. The van der Waals surface area contributed by atoms with Crippen molar-refractivity contribution in [1.29, 1.82) is 0 Å². The maximum Gasteiger partial charge on any atom is 0.237 e. The predicted molar refractivity (Wildman–Crippen MR) is 88.0 cm³/mol. The molecule has 122 valence electrons. The van der Waals surface area contributed by atoms with Gasteiger partial charge in [0.25, 0.3) is 0 Å². The van der Waals surface area contributed by atoms with Gasteiger partial charge in [-0.3, -0.25) is 4.79 Å². The zero-order chi connectivity index (χ0) is 16.2. The van der Waals surface area contributed by atoms with Crippen LogP contribution in [0.5, 0.6) is 0 Å². The summed E-state index contributed by atoms with van der Waals surface area (Å²) in [6.07, 6.45) is 3.43. The van der Waals surface area contributed by atoms with Crippen molar-refractivity contribution in [2.75, 3.05) is 12.8 Å². The van der Waals surface area contributed by atoms with Crippen LogP contribution in [0.2, 0.25) is 0 Å². The minimum absolute atomic E-state index is 0.0782. The van der Waals surface area contributed by atoms with E-state index < -0.39 is 6.10 Å². The zero-order valence-electron chi connectivity index (χ0n) is 12.8. The van der Waals surface area contributed by atoms with Gasteiger partial charge in [0.05, 0.1) is 12.1 Å². The zero-order valence-corrected chi connectivity index (χ0v) is 13.6. The first kappa shape index (κ1) is 16.0. The molecule has 0 saturated carbocycles. The van der Waals surface area contributed by atoms with Crippen LogP contribution >= 0.6 is 11.8 Å². The van der Waals surface area contributed by atoms with E-state index in [1.807, 2.05) is 30.5 Å². The molecule has 2 atom stereocenters. The molecular weight excluding hydrogens is 314 g/mol. The lowest BCUT2D eigenvalue weighted by atomic mass is 10.1. The van der Waals surface area contributed by atoms with Crippen LogP contribution in [0.15, 0.2) is 40.1 Å². The summed E-state index contributed by atoms with van der Waals surface area (Å²) in [4.78, 5) is 16.1. The van der Waals surface area contributed by atoms with E-state index >= 15 is 0 Å². The van der Waals surface area contributed by atoms with Crippen molar-refractivity contribution >= 4 is 17.7 Å². The SMILES string of the molecule is CSc1ncoc1-c1ccc(CNC(=O)C2CC(O)CN2)cc1. The molecule has 1 fully saturated rings. The Bertz CT molecular complexity index is 671. The van der Waals surface area contributed by atoms with Crippen molar-refractivity contribution < 1.29 is 14.3 Å². The number of carbonyl (C=O) groups is 1. The monoisotopic (exact) mass is 333 g/mol. The van der Waals surface area contributed by atoms with Crippen LogP contribution < -0.4 is 10.6 Å². The first-order chi connectivity index (χ1) is 11.2.